The zero-order valence-electron chi connectivity index (χ0n) is 10.8. The standard InChI is InChI=1S/C13H15ClN2O3/c1-8-9(14)3-4-10-13(8)16(7-12(18)19)6-5-11(17)15(10)2/h3-4H,5-7H2,1-2H3,(H,18,19). The number of carbonyl (C=O) groups excluding carboxylic acids is 1. The van der Waals surface area contributed by atoms with Crippen LogP contribution in [0, 0.1) is 6.92 Å². The predicted molar refractivity (Wildman–Crippen MR) is 74.1 cm³/mol. The van der Waals surface area contributed by atoms with Gasteiger partial charge in [-0.25, -0.2) is 0 Å². The van der Waals surface area contributed by atoms with Crippen molar-refractivity contribution in [3.63, 3.8) is 0 Å². The lowest BCUT2D eigenvalue weighted by atomic mass is 10.1. The molecule has 5 nitrogen and oxygen atoms in total. The Kier molecular flexibility index (Phi) is 3.66. The molecular weight excluding hydrogens is 268 g/mol. The average Bonchev–Trinajstić information content (AvgIpc) is 2.46. The maximum atomic E-state index is 11.9. The Bertz CT molecular complexity index is 545. The van der Waals surface area contributed by atoms with Gasteiger partial charge < -0.3 is 14.9 Å². The fraction of sp³-hybridized carbons (Fsp3) is 0.385. The normalized spacial score (nSPS) is 15.2. The summed E-state index contributed by atoms with van der Waals surface area (Å²) in [5.74, 6) is -0.960. The molecule has 102 valence electrons. The number of benzene rings is 1. The van der Waals surface area contributed by atoms with Crippen LogP contribution in [-0.2, 0) is 9.59 Å². The van der Waals surface area contributed by atoms with Gasteiger partial charge in [-0.1, -0.05) is 11.6 Å². The fourth-order valence-corrected chi connectivity index (χ4v) is 2.45. The summed E-state index contributed by atoms with van der Waals surface area (Å²) >= 11 is 6.11. The molecular formula is C13H15ClN2O3. The molecule has 0 radical (unpaired) electrons. The number of hydrogen-bond donors (Lipinski definition) is 1. The number of anilines is 2. The Balaban J connectivity index is 2.58. The number of amides is 1. The first kappa shape index (κ1) is 13.7. The number of carboxylic acids is 1. The molecule has 0 fully saturated rings. The van der Waals surface area contributed by atoms with E-state index in [1.165, 1.54) is 0 Å². The molecule has 19 heavy (non-hydrogen) atoms. The second kappa shape index (κ2) is 5.09. The Labute approximate surface area is 116 Å². The SMILES string of the molecule is Cc1c(Cl)ccc2c1N(CC(=O)O)CCC(=O)N2C. The summed E-state index contributed by atoms with van der Waals surface area (Å²) in [5.41, 5.74) is 2.22. The van der Waals surface area contributed by atoms with Gasteiger partial charge in [0, 0.05) is 25.0 Å². The lowest BCUT2D eigenvalue weighted by Crippen LogP contribution is -2.31. The van der Waals surface area contributed by atoms with Crippen LogP contribution in [0.4, 0.5) is 11.4 Å². The summed E-state index contributed by atoms with van der Waals surface area (Å²) in [6.45, 7) is 2.07. The van der Waals surface area contributed by atoms with Crippen LogP contribution < -0.4 is 9.80 Å². The Morgan fingerprint density at radius 3 is 2.79 bits per heavy atom. The molecule has 1 amide bonds. The lowest BCUT2D eigenvalue weighted by Gasteiger charge is -2.26. The van der Waals surface area contributed by atoms with E-state index in [2.05, 4.69) is 0 Å². The second-order valence-corrected chi connectivity index (χ2v) is 4.97. The molecule has 6 heteroatoms. The zero-order chi connectivity index (χ0) is 14.2. The molecule has 1 aliphatic rings. The number of carboxylic acid groups (broad SMARTS) is 1. The molecule has 1 aromatic rings. The van der Waals surface area contributed by atoms with Gasteiger partial charge in [0.1, 0.15) is 6.54 Å². The molecule has 0 spiro atoms. The van der Waals surface area contributed by atoms with Crippen molar-refractivity contribution in [2.75, 3.05) is 29.9 Å². The highest BCUT2D eigenvalue weighted by atomic mass is 35.5. The third kappa shape index (κ3) is 2.51. The van der Waals surface area contributed by atoms with Crippen molar-refractivity contribution < 1.29 is 14.7 Å². The van der Waals surface area contributed by atoms with Gasteiger partial charge >= 0.3 is 5.97 Å². The minimum absolute atomic E-state index is 0.0316. The number of hydrogen-bond acceptors (Lipinski definition) is 3. The summed E-state index contributed by atoms with van der Waals surface area (Å²) in [6.07, 6.45) is 0.287. The van der Waals surface area contributed by atoms with Crippen LogP contribution >= 0.6 is 11.6 Å². The molecule has 1 N–H and O–H groups in total. The van der Waals surface area contributed by atoms with Crippen molar-refractivity contribution in [3.8, 4) is 0 Å². The van der Waals surface area contributed by atoms with E-state index in [-0.39, 0.29) is 18.9 Å². The van der Waals surface area contributed by atoms with Crippen LogP contribution in [0.15, 0.2) is 12.1 Å². The molecule has 1 heterocycles. The Morgan fingerprint density at radius 1 is 1.47 bits per heavy atom. The van der Waals surface area contributed by atoms with E-state index in [0.717, 1.165) is 11.3 Å². The lowest BCUT2D eigenvalue weighted by molar-refractivity contribution is -0.135. The number of carbonyl (C=O) groups is 2. The van der Waals surface area contributed by atoms with Gasteiger partial charge in [-0.05, 0) is 24.6 Å². The molecule has 0 saturated heterocycles. The van der Waals surface area contributed by atoms with Gasteiger partial charge in [0.15, 0.2) is 0 Å². The van der Waals surface area contributed by atoms with Crippen LogP contribution in [0.1, 0.15) is 12.0 Å². The van der Waals surface area contributed by atoms with Crippen molar-refractivity contribution >= 4 is 34.9 Å². The summed E-state index contributed by atoms with van der Waals surface area (Å²) in [5, 5.41) is 9.57. The maximum Gasteiger partial charge on any atom is 0.323 e. The van der Waals surface area contributed by atoms with Gasteiger partial charge in [0.05, 0.1) is 11.4 Å². The van der Waals surface area contributed by atoms with Crippen LogP contribution in [0.5, 0.6) is 0 Å². The summed E-state index contributed by atoms with van der Waals surface area (Å²) < 4.78 is 0. The number of rotatable bonds is 2. The topological polar surface area (TPSA) is 60.9 Å². The van der Waals surface area contributed by atoms with Crippen LogP contribution in [0.25, 0.3) is 0 Å². The van der Waals surface area contributed by atoms with Crippen LogP contribution in [0.3, 0.4) is 0 Å². The van der Waals surface area contributed by atoms with E-state index < -0.39 is 5.97 Å². The van der Waals surface area contributed by atoms with Crippen molar-refractivity contribution in [2.24, 2.45) is 0 Å². The quantitative estimate of drug-likeness (QED) is 0.900. The molecule has 1 aromatic carbocycles. The summed E-state index contributed by atoms with van der Waals surface area (Å²) in [7, 11) is 1.69. The van der Waals surface area contributed by atoms with Gasteiger partial charge in [-0.15, -0.1) is 0 Å². The predicted octanol–water partition coefficient (Wildman–Crippen LogP) is 1.91. The van der Waals surface area contributed by atoms with E-state index in [9.17, 15) is 9.59 Å². The number of aliphatic carboxylic acids is 1. The van der Waals surface area contributed by atoms with Gasteiger partial charge in [0.25, 0.3) is 0 Å². The maximum absolute atomic E-state index is 11.9. The molecule has 0 unspecified atom stereocenters. The van der Waals surface area contributed by atoms with Crippen molar-refractivity contribution in [1.82, 2.24) is 0 Å². The molecule has 0 bridgehead atoms. The molecule has 0 aromatic heterocycles. The zero-order valence-corrected chi connectivity index (χ0v) is 11.6. The number of fused-ring (bicyclic) bond motifs is 1. The molecule has 0 saturated carbocycles. The van der Waals surface area contributed by atoms with E-state index in [1.807, 2.05) is 6.92 Å². The molecule has 2 rings (SSSR count). The number of halogens is 1. The minimum atomic E-state index is -0.928. The van der Waals surface area contributed by atoms with E-state index in [4.69, 9.17) is 16.7 Å². The molecule has 0 aliphatic carbocycles. The highest BCUT2D eigenvalue weighted by Crippen LogP contribution is 2.38. The van der Waals surface area contributed by atoms with Gasteiger partial charge in [0.2, 0.25) is 5.91 Å². The van der Waals surface area contributed by atoms with E-state index in [0.29, 0.717) is 17.3 Å². The first-order valence-electron chi connectivity index (χ1n) is 5.94. The van der Waals surface area contributed by atoms with Gasteiger partial charge in [-0.2, -0.15) is 0 Å². The molecule has 1 aliphatic heterocycles. The monoisotopic (exact) mass is 282 g/mol. The Hall–Kier alpha value is -1.75. The Morgan fingerprint density at radius 2 is 2.16 bits per heavy atom. The first-order valence-corrected chi connectivity index (χ1v) is 6.32. The highest BCUT2D eigenvalue weighted by Gasteiger charge is 2.26. The molecule has 0 atom stereocenters. The highest BCUT2D eigenvalue weighted by molar-refractivity contribution is 6.32. The third-order valence-electron chi connectivity index (χ3n) is 3.32. The summed E-state index contributed by atoms with van der Waals surface area (Å²) in [4.78, 5) is 26.1. The number of nitrogens with zero attached hydrogens (tertiary/aromatic N) is 2. The largest absolute Gasteiger partial charge is 0.480 e. The second-order valence-electron chi connectivity index (χ2n) is 4.56. The van der Waals surface area contributed by atoms with E-state index >= 15 is 0 Å². The van der Waals surface area contributed by atoms with Crippen molar-refractivity contribution in [2.45, 2.75) is 13.3 Å². The van der Waals surface area contributed by atoms with Crippen LogP contribution in [0.2, 0.25) is 5.02 Å². The smallest absolute Gasteiger partial charge is 0.323 e. The first-order chi connectivity index (χ1) is 8.91. The minimum Gasteiger partial charge on any atom is -0.480 e. The van der Waals surface area contributed by atoms with Crippen LogP contribution in [-0.4, -0.2) is 37.1 Å². The van der Waals surface area contributed by atoms with E-state index in [1.54, 1.807) is 29.0 Å². The van der Waals surface area contributed by atoms with Crippen molar-refractivity contribution in [1.29, 1.82) is 0 Å². The third-order valence-corrected chi connectivity index (χ3v) is 3.73. The summed E-state index contributed by atoms with van der Waals surface area (Å²) in [6, 6.07) is 3.48. The average molecular weight is 283 g/mol. The fourth-order valence-electron chi connectivity index (χ4n) is 2.30. The van der Waals surface area contributed by atoms with Crippen molar-refractivity contribution in [3.05, 3.63) is 22.7 Å². The van der Waals surface area contributed by atoms with Gasteiger partial charge in [-0.3, -0.25) is 9.59 Å².